The average Bonchev–Trinajstić information content (AvgIpc) is 3.81. The summed E-state index contributed by atoms with van der Waals surface area (Å²) in [5.41, 5.74) is 2.07. The molecule has 8 nitrogen and oxygen atoms in total. The minimum atomic E-state index is -0.128. The summed E-state index contributed by atoms with van der Waals surface area (Å²) in [4.78, 5) is 36.3. The first-order valence-corrected chi connectivity index (χ1v) is 12.4. The lowest BCUT2D eigenvalue weighted by Gasteiger charge is -2.40. The van der Waals surface area contributed by atoms with Gasteiger partial charge in [0.15, 0.2) is 0 Å². The normalized spacial score (nSPS) is 19.3. The van der Waals surface area contributed by atoms with Gasteiger partial charge in [-0.3, -0.25) is 9.59 Å². The van der Waals surface area contributed by atoms with Crippen LogP contribution in [-0.2, 0) is 11.4 Å². The molecule has 2 amide bonds. The molecule has 1 saturated heterocycles. The third-order valence-electron chi connectivity index (χ3n) is 7.19. The highest BCUT2D eigenvalue weighted by atomic mass is 16.5. The van der Waals surface area contributed by atoms with Crippen molar-refractivity contribution in [2.45, 2.75) is 25.9 Å². The predicted molar refractivity (Wildman–Crippen MR) is 133 cm³/mol. The quantitative estimate of drug-likeness (QED) is 0.494. The highest BCUT2D eigenvalue weighted by Crippen LogP contribution is 2.59. The molecule has 184 valence electrons. The molecule has 1 unspecified atom stereocenters. The zero-order valence-electron chi connectivity index (χ0n) is 19.9. The number of nitrogens with one attached hydrogen (secondary N) is 1. The summed E-state index contributed by atoms with van der Waals surface area (Å²) in [7, 11) is 0. The summed E-state index contributed by atoms with van der Waals surface area (Å²) in [6.07, 6.45) is 6.41. The van der Waals surface area contributed by atoms with Crippen molar-refractivity contribution in [1.29, 1.82) is 0 Å². The molecule has 1 aliphatic heterocycles. The van der Waals surface area contributed by atoms with Gasteiger partial charge in [-0.25, -0.2) is 9.97 Å². The summed E-state index contributed by atoms with van der Waals surface area (Å²) < 4.78 is 11.6. The monoisotopic (exact) mass is 484 g/mol. The van der Waals surface area contributed by atoms with Crippen molar-refractivity contribution >= 4 is 17.5 Å². The smallest absolute Gasteiger partial charge is 0.259 e. The molecule has 1 N–H and O–H groups in total. The molecule has 0 bridgehead atoms. The zero-order chi connectivity index (χ0) is 24.5. The summed E-state index contributed by atoms with van der Waals surface area (Å²) >= 11 is 0. The minimum Gasteiger partial charge on any atom is -0.477 e. The van der Waals surface area contributed by atoms with E-state index in [2.05, 4.69) is 15.3 Å². The Balaban J connectivity index is 1.01. The molecule has 2 saturated carbocycles. The highest BCUT2D eigenvalue weighted by molar-refractivity contribution is 5.99. The number of hydrogen-bond acceptors (Lipinski definition) is 6. The Morgan fingerprint density at radius 3 is 2.64 bits per heavy atom. The zero-order valence-corrected chi connectivity index (χ0v) is 19.9. The largest absolute Gasteiger partial charge is 0.477 e. The van der Waals surface area contributed by atoms with Gasteiger partial charge in [0, 0.05) is 48.6 Å². The maximum Gasteiger partial charge on any atom is 0.259 e. The van der Waals surface area contributed by atoms with Crippen LogP contribution in [0.2, 0.25) is 0 Å². The molecule has 3 fully saturated rings. The second-order valence-corrected chi connectivity index (χ2v) is 10.0. The van der Waals surface area contributed by atoms with Crippen LogP contribution < -0.4 is 14.8 Å². The maximum absolute atomic E-state index is 13.1. The summed E-state index contributed by atoms with van der Waals surface area (Å²) in [5.74, 6) is 1.22. The number of carbonyl (C=O) groups excluding carboxylic acids is 2. The van der Waals surface area contributed by atoms with Gasteiger partial charge in [-0.15, -0.1) is 0 Å². The summed E-state index contributed by atoms with van der Waals surface area (Å²) in [6, 6.07) is 16.9. The number of anilines is 1. The Kier molecular flexibility index (Phi) is 5.79. The van der Waals surface area contributed by atoms with E-state index in [0.29, 0.717) is 55.2 Å². The fourth-order valence-corrected chi connectivity index (χ4v) is 4.77. The van der Waals surface area contributed by atoms with E-state index >= 15 is 0 Å². The topological polar surface area (TPSA) is 93.7 Å². The Labute approximate surface area is 209 Å². The summed E-state index contributed by atoms with van der Waals surface area (Å²) in [6.45, 7) is 2.16. The number of nitrogens with zero attached hydrogens (tertiary/aromatic N) is 3. The minimum absolute atomic E-state index is 0.0304. The van der Waals surface area contributed by atoms with E-state index < -0.39 is 0 Å². The molecule has 36 heavy (non-hydrogen) atoms. The molecule has 3 heterocycles. The van der Waals surface area contributed by atoms with Crippen LogP contribution in [0, 0.1) is 17.3 Å². The van der Waals surface area contributed by atoms with Crippen molar-refractivity contribution < 1.29 is 19.1 Å². The van der Waals surface area contributed by atoms with Crippen molar-refractivity contribution in [3.63, 3.8) is 0 Å². The molecule has 2 aromatic heterocycles. The average molecular weight is 485 g/mol. The van der Waals surface area contributed by atoms with Crippen LogP contribution in [0.4, 0.5) is 5.69 Å². The van der Waals surface area contributed by atoms with E-state index in [-0.39, 0.29) is 23.1 Å². The van der Waals surface area contributed by atoms with Crippen LogP contribution in [-0.4, -0.2) is 46.4 Å². The highest BCUT2D eigenvalue weighted by Gasteiger charge is 2.65. The van der Waals surface area contributed by atoms with E-state index in [1.807, 2.05) is 30.3 Å². The van der Waals surface area contributed by atoms with Gasteiger partial charge in [0.2, 0.25) is 17.7 Å². The standard InChI is InChI=1S/C28H28N4O4/c33-25(31-21-10-12-29-24(13-21)35-15-19-5-2-1-3-6-19)23-14-28(23)17-32(18-28)27(34)22-7-4-11-30-26(22)36-16-20-8-9-20/h1-7,10-13,20,23H,8-9,14-18H2,(H,29,31,33). The lowest BCUT2D eigenvalue weighted by molar-refractivity contribution is -0.119. The SMILES string of the molecule is O=C(Nc1ccnc(OCc2ccccc2)c1)C1CC12CN(C(=O)c1cccnc1OCC1CC1)C2. The van der Waals surface area contributed by atoms with Crippen molar-refractivity contribution in [3.8, 4) is 11.8 Å². The van der Waals surface area contributed by atoms with Gasteiger partial charge in [0.1, 0.15) is 12.2 Å². The number of likely N-dealkylation sites (tertiary alicyclic amines) is 1. The lowest BCUT2D eigenvalue weighted by atomic mass is 9.92. The number of aromatic nitrogens is 2. The van der Waals surface area contributed by atoms with Crippen molar-refractivity contribution in [1.82, 2.24) is 14.9 Å². The lowest BCUT2D eigenvalue weighted by Crippen LogP contribution is -2.53. The van der Waals surface area contributed by atoms with Gasteiger partial charge < -0.3 is 19.7 Å². The first kappa shape index (κ1) is 22.5. The van der Waals surface area contributed by atoms with Gasteiger partial charge >= 0.3 is 0 Å². The number of hydrogen-bond donors (Lipinski definition) is 1. The van der Waals surface area contributed by atoms with E-state index in [1.165, 1.54) is 12.8 Å². The van der Waals surface area contributed by atoms with Crippen molar-refractivity contribution in [2.75, 3.05) is 25.0 Å². The van der Waals surface area contributed by atoms with Crippen LogP contribution in [0.3, 0.4) is 0 Å². The molecule has 0 radical (unpaired) electrons. The first-order valence-electron chi connectivity index (χ1n) is 12.4. The van der Waals surface area contributed by atoms with Gasteiger partial charge in [0.25, 0.3) is 5.91 Å². The Hall–Kier alpha value is -3.94. The number of pyridine rings is 2. The van der Waals surface area contributed by atoms with E-state index in [1.54, 1.807) is 41.6 Å². The Bertz CT molecular complexity index is 1270. The number of benzene rings is 1. The van der Waals surface area contributed by atoms with E-state index in [4.69, 9.17) is 9.47 Å². The third-order valence-corrected chi connectivity index (χ3v) is 7.19. The molecule has 6 rings (SSSR count). The van der Waals surface area contributed by atoms with Crippen molar-refractivity contribution in [3.05, 3.63) is 78.1 Å². The van der Waals surface area contributed by atoms with Crippen LogP contribution in [0.25, 0.3) is 0 Å². The van der Waals surface area contributed by atoms with Crippen LogP contribution in [0.15, 0.2) is 67.0 Å². The Morgan fingerprint density at radius 2 is 1.83 bits per heavy atom. The summed E-state index contributed by atoms with van der Waals surface area (Å²) in [5, 5.41) is 2.99. The van der Waals surface area contributed by atoms with Gasteiger partial charge in [0.05, 0.1) is 6.61 Å². The third kappa shape index (κ3) is 4.76. The van der Waals surface area contributed by atoms with Crippen LogP contribution in [0.1, 0.15) is 35.2 Å². The van der Waals surface area contributed by atoms with Crippen LogP contribution in [0.5, 0.6) is 11.8 Å². The fraction of sp³-hybridized carbons (Fsp3) is 0.357. The van der Waals surface area contributed by atoms with E-state index in [9.17, 15) is 9.59 Å². The molecular weight excluding hydrogens is 456 g/mol. The first-order chi connectivity index (χ1) is 17.6. The predicted octanol–water partition coefficient (Wildman–Crippen LogP) is 3.95. The van der Waals surface area contributed by atoms with E-state index in [0.717, 1.165) is 12.0 Å². The second-order valence-electron chi connectivity index (χ2n) is 10.0. The molecule has 1 atom stereocenters. The molecule has 1 aromatic carbocycles. The van der Waals surface area contributed by atoms with Crippen LogP contribution >= 0.6 is 0 Å². The molecular formula is C28H28N4O4. The maximum atomic E-state index is 13.1. The molecule has 3 aliphatic rings. The molecule has 8 heteroatoms. The van der Waals surface area contributed by atoms with Crippen molar-refractivity contribution in [2.24, 2.45) is 17.3 Å². The molecule has 2 aliphatic carbocycles. The number of amides is 2. The number of carbonyl (C=O) groups is 2. The number of rotatable bonds is 9. The number of ether oxygens (including phenoxy) is 2. The molecule has 3 aromatic rings. The molecule has 1 spiro atoms. The fourth-order valence-electron chi connectivity index (χ4n) is 4.77. The van der Waals surface area contributed by atoms with Gasteiger partial charge in [-0.05, 0) is 48.9 Å². The van der Waals surface area contributed by atoms with Gasteiger partial charge in [-0.1, -0.05) is 30.3 Å². The Morgan fingerprint density at radius 1 is 1.00 bits per heavy atom. The van der Waals surface area contributed by atoms with Gasteiger partial charge in [-0.2, -0.15) is 0 Å². The second kappa shape index (κ2) is 9.26.